The maximum absolute atomic E-state index is 13.7. The molecule has 0 aliphatic heterocycles. The van der Waals surface area contributed by atoms with Crippen molar-refractivity contribution in [2.75, 3.05) is 15.8 Å². The van der Waals surface area contributed by atoms with Gasteiger partial charge in [0.05, 0.1) is 33.2 Å². The van der Waals surface area contributed by atoms with E-state index in [-0.39, 0.29) is 32.9 Å². The summed E-state index contributed by atoms with van der Waals surface area (Å²) in [5, 5.41) is 15.5. The van der Waals surface area contributed by atoms with Gasteiger partial charge in [0.25, 0.3) is 10.0 Å². The quantitative estimate of drug-likeness (QED) is 0.248. The number of aryl methyl sites for hydroxylation is 1. The zero-order chi connectivity index (χ0) is 29.1. The fourth-order valence-electron chi connectivity index (χ4n) is 3.45. The molecule has 4 aromatic rings. The van der Waals surface area contributed by atoms with Crippen LogP contribution < -0.4 is 10.0 Å². The maximum atomic E-state index is 13.7. The number of sulfonamides is 1. The van der Waals surface area contributed by atoms with Gasteiger partial charge in [-0.25, -0.2) is 18.1 Å². The number of nitrogens with one attached hydrogen (secondary N) is 2. The van der Waals surface area contributed by atoms with Crippen LogP contribution >= 0.6 is 11.8 Å². The van der Waals surface area contributed by atoms with Crippen molar-refractivity contribution in [2.24, 2.45) is 0 Å². The first-order valence-corrected chi connectivity index (χ1v) is 13.9. The van der Waals surface area contributed by atoms with Gasteiger partial charge in [0, 0.05) is 16.8 Å². The number of pyridine rings is 1. The van der Waals surface area contributed by atoms with Crippen LogP contribution in [0.2, 0.25) is 0 Å². The fraction of sp³-hybridized carbons (Fsp3) is 0.154. The standard InChI is InChI=1S/C26H20F3N5O4S2/c1-15-16(2)33-38-24(15)34-40(36,37)19-10-8-18(9-11-19)31-23(35)14-39-25-20(13-30)21(26(27,28)29)12-22(32-25)17-6-4-3-5-7-17/h3-12,34H,14H2,1-2H3,(H,31,35). The van der Waals surface area contributed by atoms with E-state index in [1.165, 1.54) is 24.3 Å². The minimum Gasteiger partial charge on any atom is -0.337 e. The average molecular weight is 588 g/mol. The van der Waals surface area contributed by atoms with Crippen molar-refractivity contribution in [3.8, 4) is 17.3 Å². The van der Waals surface area contributed by atoms with Gasteiger partial charge in [-0.2, -0.15) is 18.4 Å². The van der Waals surface area contributed by atoms with Crippen LogP contribution in [0.1, 0.15) is 22.4 Å². The number of aromatic nitrogens is 2. The Bertz CT molecular complexity index is 1700. The number of rotatable bonds is 8. The Morgan fingerprint density at radius 2 is 1.77 bits per heavy atom. The number of thioether (sulfide) groups is 1. The number of benzene rings is 2. The van der Waals surface area contributed by atoms with Crippen molar-refractivity contribution in [3.05, 3.63) is 83.0 Å². The lowest BCUT2D eigenvalue weighted by Gasteiger charge is -2.14. The largest absolute Gasteiger partial charge is 0.417 e. The third kappa shape index (κ3) is 6.44. The molecule has 206 valence electrons. The van der Waals surface area contributed by atoms with Gasteiger partial charge in [-0.3, -0.25) is 4.79 Å². The third-order valence-electron chi connectivity index (χ3n) is 5.65. The number of anilines is 2. The molecule has 4 rings (SSSR count). The second-order valence-corrected chi connectivity index (χ2v) is 11.0. The van der Waals surface area contributed by atoms with Gasteiger partial charge in [-0.05, 0) is 44.2 Å². The zero-order valence-corrected chi connectivity index (χ0v) is 22.5. The number of nitrogens with zero attached hydrogens (tertiary/aromatic N) is 3. The monoisotopic (exact) mass is 587 g/mol. The van der Waals surface area contributed by atoms with Crippen molar-refractivity contribution in [1.29, 1.82) is 5.26 Å². The topological polar surface area (TPSA) is 138 Å². The van der Waals surface area contributed by atoms with Crippen LogP contribution in [0.4, 0.5) is 24.7 Å². The molecule has 0 saturated carbocycles. The first-order chi connectivity index (χ1) is 18.9. The summed E-state index contributed by atoms with van der Waals surface area (Å²) in [4.78, 5) is 16.7. The van der Waals surface area contributed by atoms with Crippen LogP contribution in [0.3, 0.4) is 0 Å². The summed E-state index contributed by atoms with van der Waals surface area (Å²) >= 11 is 0.682. The van der Waals surface area contributed by atoms with Crippen molar-refractivity contribution < 1.29 is 30.9 Å². The summed E-state index contributed by atoms with van der Waals surface area (Å²) in [5.74, 6) is -0.971. The molecule has 0 radical (unpaired) electrons. The van der Waals surface area contributed by atoms with E-state index in [0.717, 1.165) is 6.07 Å². The predicted octanol–water partition coefficient (Wildman–Crippen LogP) is 5.78. The van der Waals surface area contributed by atoms with E-state index < -0.39 is 33.2 Å². The van der Waals surface area contributed by atoms with Crippen molar-refractivity contribution in [3.63, 3.8) is 0 Å². The Kier molecular flexibility index (Phi) is 8.17. The van der Waals surface area contributed by atoms with Crippen molar-refractivity contribution in [2.45, 2.75) is 29.9 Å². The van der Waals surface area contributed by atoms with Gasteiger partial charge in [0.15, 0.2) is 0 Å². The van der Waals surface area contributed by atoms with E-state index in [4.69, 9.17) is 4.52 Å². The van der Waals surface area contributed by atoms with Gasteiger partial charge in [0.2, 0.25) is 11.8 Å². The zero-order valence-electron chi connectivity index (χ0n) is 20.9. The summed E-state index contributed by atoms with van der Waals surface area (Å²) in [6.07, 6.45) is -4.81. The number of alkyl halides is 3. The molecule has 9 nitrogen and oxygen atoms in total. The summed E-state index contributed by atoms with van der Waals surface area (Å²) in [6.45, 7) is 3.32. The van der Waals surface area contributed by atoms with Crippen LogP contribution in [0.15, 0.2) is 75.1 Å². The lowest BCUT2D eigenvalue weighted by Crippen LogP contribution is -2.16. The number of nitriles is 1. The van der Waals surface area contributed by atoms with Gasteiger partial charge in [-0.1, -0.05) is 47.3 Å². The first-order valence-electron chi connectivity index (χ1n) is 11.4. The lowest BCUT2D eigenvalue weighted by atomic mass is 10.1. The molecule has 2 N–H and O–H groups in total. The smallest absolute Gasteiger partial charge is 0.337 e. The van der Waals surface area contributed by atoms with Gasteiger partial charge < -0.3 is 9.84 Å². The molecule has 1 amide bonds. The highest BCUT2D eigenvalue weighted by molar-refractivity contribution is 8.00. The molecule has 0 fully saturated rings. The summed E-state index contributed by atoms with van der Waals surface area (Å²) in [6, 6.07) is 15.8. The Morgan fingerprint density at radius 1 is 1.10 bits per heavy atom. The molecule has 14 heteroatoms. The van der Waals surface area contributed by atoms with Gasteiger partial charge in [0.1, 0.15) is 11.1 Å². The van der Waals surface area contributed by atoms with E-state index in [0.29, 0.717) is 28.6 Å². The van der Waals surface area contributed by atoms with Crippen LogP contribution in [-0.4, -0.2) is 30.2 Å². The number of carbonyl (C=O) groups is 1. The van der Waals surface area contributed by atoms with Gasteiger partial charge >= 0.3 is 6.18 Å². The first kappa shape index (κ1) is 28.7. The van der Waals surface area contributed by atoms with Crippen LogP contribution in [0.25, 0.3) is 11.3 Å². The number of hydrogen-bond donors (Lipinski definition) is 2. The second-order valence-electron chi connectivity index (χ2n) is 8.40. The summed E-state index contributed by atoms with van der Waals surface area (Å²) < 4.78 is 73.8. The van der Waals surface area contributed by atoms with Crippen LogP contribution in [0.5, 0.6) is 0 Å². The Balaban J connectivity index is 1.48. The highest BCUT2D eigenvalue weighted by Gasteiger charge is 2.36. The number of amides is 1. The van der Waals surface area contributed by atoms with Crippen LogP contribution in [-0.2, 0) is 21.0 Å². The molecule has 2 heterocycles. The molecule has 2 aromatic carbocycles. The fourth-order valence-corrected chi connectivity index (χ4v) is 5.30. The molecule has 0 atom stereocenters. The third-order valence-corrected chi connectivity index (χ3v) is 7.97. The predicted molar refractivity (Wildman–Crippen MR) is 142 cm³/mol. The Labute approximate surface area is 231 Å². The second kappa shape index (κ2) is 11.4. The Hall–Kier alpha value is -4.35. The molecular weight excluding hydrogens is 567 g/mol. The number of hydrogen-bond acceptors (Lipinski definition) is 8. The SMILES string of the molecule is Cc1noc(NS(=O)(=O)c2ccc(NC(=O)CSc3nc(-c4ccccc4)cc(C(F)(F)F)c3C#N)cc2)c1C. The molecular formula is C26H20F3N5O4S2. The lowest BCUT2D eigenvalue weighted by molar-refractivity contribution is -0.138. The van der Waals surface area contributed by atoms with E-state index in [2.05, 4.69) is 20.2 Å². The van der Waals surface area contributed by atoms with Crippen LogP contribution in [0, 0.1) is 25.2 Å². The molecule has 0 saturated heterocycles. The maximum Gasteiger partial charge on any atom is 0.417 e. The highest BCUT2D eigenvalue weighted by atomic mass is 32.2. The number of carbonyl (C=O) groups excluding carboxylic acids is 1. The average Bonchev–Trinajstić information content (AvgIpc) is 3.23. The molecule has 40 heavy (non-hydrogen) atoms. The van der Waals surface area contributed by atoms with Crippen molar-refractivity contribution >= 4 is 39.3 Å². The molecule has 2 aromatic heterocycles. The summed E-state index contributed by atoms with van der Waals surface area (Å²) in [5.41, 5.74) is -0.0727. The van der Waals surface area contributed by atoms with Gasteiger partial charge in [-0.15, -0.1) is 0 Å². The molecule has 0 aliphatic carbocycles. The summed E-state index contributed by atoms with van der Waals surface area (Å²) in [7, 11) is -4.00. The highest BCUT2D eigenvalue weighted by Crippen LogP contribution is 2.38. The molecule has 0 unspecified atom stereocenters. The minimum absolute atomic E-state index is 0.0101. The molecule has 0 spiro atoms. The minimum atomic E-state index is -4.81. The Morgan fingerprint density at radius 3 is 2.35 bits per heavy atom. The van der Waals surface area contributed by atoms with Crippen molar-refractivity contribution in [1.82, 2.24) is 10.1 Å². The molecule has 0 bridgehead atoms. The van der Waals surface area contributed by atoms with E-state index in [1.807, 2.05) is 0 Å². The number of halogens is 3. The van der Waals surface area contributed by atoms with E-state index >= 15 is 0 Å². The van der Waals surface area contributed by atoms with E-state index in [1.54, 1.807) is 50.2 Å². The van der Waals surface area contributed by atoms with E-state index in [9.17, 15) is 31.6 Å². The normalized spacial score (nSPS) is 11.6. The molecule has 0 aliphatic rings.